The number of rotatable bonds is 0. The minimum absolute atomic E-state index is 0. The van der Waals surface area contributed by atoms with E-state index in [-0.39, 0.29) is 23.9 Å². The van der Waals surface area contributed by atoms with E-state index in [1.807, 2.05) is 0 Å². The summed E-state index contributed by atoms with van der Waals surface area (Å²) in [5.41, 5.74) is 0. The molecule has 0 fully saturated rings. The number of hydrogen-bond donors (Lipinski definition) is 0. The van der Waals surface area contributed by atoms with Crippen LogP contribution in [-0.2, 0) is 16.5 Å². The van der Waals surface area contributed by atoms with E-state index in [4.69, 9.17) is 0 Å². The fourth-order valence-corrected chi connectivity index (χ4v) is 0.974. The zero-order valence-corrected chi connectivity index (χ0v) is 7.57. The molecule has 0 unspecified atom stereocenters. The second-order valence-electron chi connectivity index (χ2n) is 2.27. The van der Waals surface area contributed by atoms with Crippen molar-refractivity contribution in [1.82, 2.24) is 0 Å². The van der Waals surface area contributed by atoms with Gasteiger partial charge < -0.3 is 13.8 Å². The minimum Gasteiger partial charge on any atom is -0.358 e. The molecule has 10 heavy (non-hydrogen) atoms. The van der Waals surface area contributed by atoms with Crippen LogP contribution in [0.25, 0.3) is 0 Å². The largest absolute Gasteiger partial charge is 2.00 e. The Morgan fingerprint density at radius 1 is 1.00 bits per heavy atom. The first-order chi connectivity index (χ1) is 4.00. The molecule has 0 aromatic rings. The van der Waals surface area contributed by atoms with Crippen LogP contribution < -0.4 is 0 Å². The van der Waals surface area contributed by atoms with Gasteiger partial charge in [0.25, 0.3) is 0 Å². The van der Waals surface area contributed by atoms with Crippen LogP contribution in [-0.4, -0.2) is 0 Å². The van der Waals surface area contributed by atoms with Crippen molar-refractivity contribution in [3.05, 3.63) is 26.0 Å². The molecule has 0 bridgehead atoms. The summed E-state index contributed by atoms with van der Waals surface area (Å²) in [7, 11) is 0. The Labute approximate surface area is 75.0 Å². The third kappa shape index (κ3) is 6.35. The normalized spacial score (nSPS) is 20.8. The molecule has 0 aromatic heterocycles. The third-order valence-corrected chi connectivity index (χ3v) is 1.48. The molecule has 0 spiro atoms. The predicted octanol–water partition coefficient (Wildman–Crippen LogP) is 3.16. The van der Waals surface area contributed by atoms with E-state index in [9.17, 15) is 0 Å². The molecule has 0 amide bonds. The van der Waals surface area contributed by atoms with E-state index in [0.29, 0.717) is 0 Å². The van der Waals surface area contributed by atoms with Gasteiger partial charge in [-0.2, -0.15) is 12.8 Å². The zero-order valence-electron chi connectivity index (χ0n) is 6.58. The summed E-state index contributed by atoms with van der Waals surface area (Å²) in [6, 6.07) is 0. The van der Waals surface area contributed by atoms with E-state index in [1.54, 1.807) is 0 Å². The molecule has 0 aromatic carbocycles. The summed E-state index contributed by atoms with van der Waals surface area (Å²) < 4.78 is 0. The van der Waals surface area contributed by atoms with Crippen LogP contribution in [0, 0.1) is 13.8 Å². The molecule has 0 saturated carbocycles. The predicted molar refractivity (Wildman–Crippen MR) is 42.9 cm³/mol. The average molecular weight is 183 g/mol. The molecule has 1 aliphatic carbocycles. The Hall–Kier alpha value is 0.234. The van der Waals surface area contributed by atoms with Crippen LogP contribution in [0.4, 0.5) is 0 Å². The van der Waals surface area contributed by atoms with Gasteiger partial charge in [0.15, 0.2) is 0 Å². The minimum atomic E-state index is 0. The van der Waals surface area contributed by atoms with Crippen molar-refractivity contribution in [1.29, 1.82) is 0 Å². The summed E-state index contributed by atoms with van der Waals surface area (Å²) in [4.78, 5) is 0. The maximum absolute atomic E-state index is 2.39. The third-order valence-electron chi connectivity index (χ3n) is 1.48. The quantitative estimate of drug-likeness (QED) is 0.307. The first-order valence-electron chi connectivity index (χ1n) is 3.47. The maximum Gasteiger partial charge on any atom is 2.00 e. The summed E-state index contributed by atoms with van der Waals surface area (Å²) in [5.74, 6) is 0. The SMILES string of the molecule is C1=C\CCC[CH-]CC/1.[CH3-].[Ni+2]. The number of allylic oxidation sites excluding steroid dienone is 2. The van der Waals surface area contributed by atoms with Gasteiger partial charge in [0.2, 0.25) is 0 Å². The van der Waals surface area contributed by atoms with Crippen LogP contribution in [0.2, 0.25) is 0 Å². The Bertz CT molecular complexity index is 66.8. The van der Waals surface area contributed by atoms with Crippen LogP contribution in [0.1, 0.15) is 32.1 Å². The summed E-state index contributed by atoms with van der Waals surface area (Å²) in [6.07, 6.45) is 13.5. The topological polar surface area (TPSA) is 0 Å². The molecule has 62 valence electrons. The van der Waals surface area contributed by atoms with Crippen molar-refractivity contribution in [3.8, 4) is 0 Å². The van der Waals surface area contributed by atoms with Gasteiger partial charge in [0, 0.05) is 0 Å². The van der Waals surface area contributed by atoms with Crippen LogP contribution in [0.5, 0.6) is 0 Å². The van der Waals surface area contributed by atoms with E-state index in [0.717, 1.165) is 0 Å². The van der Waals surface area contributed by atoms with Gasteiger partial charge in [-0.3, -0.25) is 0 Å². The molecule has 0 saturated heterocycles. The molecule has 0 heterocycles. The van der Waals surface area contributed by atoms with Crippen molar-refractivity contribution in [2.75, 3.05) is 0 Å². The van der Waals surface area contributed by atoms with Crippen LogP contribution in [0.3, 0.4) is 0 Å². The van der Waals surface area contributed by atoms with Gasteiger partial charge in [-0.25, -0.2) is 0 Å². The fourth-order valence-electron chi connectivity index (χ4n) is 0.974. The Kier molecular flexibility index (Phi) is 11.9. The molecule has 1 aliphatic rings. The van der Waals surface area contributed by atoms with Crippen molar-refractivity contribution >= 4 is 0 Å². The van der Waals surface area contributed by atoms with Gasteiger partial charge in [0.1, 0.15) is 0 Å². The van der Waals surface area contributed by atoms with Crippen LogP contribution in [0.15, 0.2) is 12.2 Å². The number of hydrogen-bond acceptors (Lipinski definition) is 0. The zero-order chi connectivity index (χ0) is 5.66. The molecule has 0 nitrogen and oxygen atoms in total. The van der Waals surface area contributed by atoms with E-state index in [1.165, 1.54) is 32.1 Å². The van der Waals surface area contributed by atoms with Gasteiger partial charge >= 0.3 is 16.5 Å². The van der Waals surface area contributed by atoms with Crippen molar-refractivity contribution in [3.63, 3.8) is 0 Å². The van der Waals surface area contributed by atoms with E-state index in [2.05, 4.69) is 18.6 Å². The van der Waals surface area contributed by atoms with E-state index < -0.39 is 0 Å². The first-order valence-corrected chi connectivity index (χ1v) is 3.47. The molecular formula is C9H16Ni. The van der Waals surface area contributed by atoms with Crippen molar-refractivity contribution < 1.29 is 16.5 Å². The summed E-state index contributed by atoms with van der Waals surface area (Å²) >= 11 is 0. The Balaban J connectivity index is 0. The fraction of sp³-hybridized carbons (Fsp3) is 0.556. The van der Waals surface area contributed by atoms with Gasteiger partial charge in [-0.1, -0.05) is 25.0 Å². The molecule has 0 radical (unpaired) electrons. The second-order valence-corrected chi connectivity index (χ2v) is 2.27. The summed E-state index contributed by atoms with van der Waals surface area (Å²) in [5, 5.41) is 0. The summed E-state index contributed by atoms with van der Waals surface area (Å²) in [6.45, 7) is 0. The smallest absolute Gasteiger partial charge is 0.358 e. The standard InChI is InChI=1S/C8H13.CH3.Ni/c1-2-4-6-8-7-5-3-1;;/h1-2,7H,3-6,8H2;1H3;/q2*-1;+2/b2-1-;;. The van der Waals surface area contributed by atoms with Crippen molar-refractivity contribution in [2.45, 2.75) is 32.1 Å². The second kappa shape index (κ2) is 9.23. The molecule has 1 rings (SSSR count). The van der Waals surface area contributed by atoms with E-state index >= 15 is 0 Å². The van der Waals surface area contributed by atoms with Crippen LogP contribution >= 0.6 is 0 Å². The first kappa shape index (κ1) is 12.9. The average Bonchev–Trinajstić information content (AvgIpc) is 1.62. The molecule has 0 aliphatic heterocycles. The maximum atomic E-state index is 2.39. The van der Waals surface area contributed by atoms with Gasteiger partial charge in [-0.05, 0) is 6.42 Å². The van der Waals surface area contributed by atoms with Gasteiger partial charge in [-0.15, -0.1) is 0 Å². The Morgan fingerprint density at radius 2 is 1.70 bits per heavy atom. The van der Waals surface area contributed by atoms with Gasteiger partial charge in [0.05, 0.1) is 0 Å². The van der Waals surface area contributed by atoms with Crippen molar-refractivity contribution in [2.24, 2.45) is 0 Å². The molecule has 1 heteroatoms. The monoisotopic (exact) mass is 182 g/mol. The molecule has 0 atom stereocenters. The molecule has 0 N–H and O–H groups in total. The molecular weight excluding hydrogens is 167 g/mol. The Morgan fingerprint density at radius 3 is 2.50 bits per heavy atom.